The monoisotopic (exact) mass is 265 g/mol. The zero-order valence-electron chi connectivity index (χ0n) is 12.0. The minimum Gasteiger partial charge on any atom is -0.468 e. The van der Waals surface area contributed by atoms with E-state index in [9.17, 15) is 4.79 Å². The van der Waals surface area contributed by atoms with E-state index >= 15 is 0 Å². The summed E-state index contributed by atoms with van der Waals surface area (Å²) in [4.78, 5) is 16.5. The van der Waals surface area contributed by atoms with E-state index in [1.54, 1.807) is 0 Å². The Hall–Kier alpha value is -1.36. The number of carbonyl (C=O) groups is 1. The van der Waals surface area contributed by atoms with Crippen LogP contribution in [0.15, 0.2) is 12.4 Å². The SMILES string of the molecule is CCNC1(C(=O)OC)CCC(n2ccnc2CC)C1. The average Bonchev–Trinajstić information content (AvgIpc) is 3.04. The number of aryl methyl sites for hydroxylation is 1. The van der Waals surface area contributed by atoms with Crippen molar-refractivity contribution in [2.24, 2.45) is 0 Å². The quantitative estimate of drug-likeness (QED) is 0.823. The largest absolute Gasteiger partial charge is 0.468 e. The van der Waals surface area contributed by atoms with Crippen LogP contribution in [-0.4, -0.2) is 34.7 Å². The molecule has 2 atom stereocenters. The molecule has 106 valence electrons. The molecular formula is C14H23N3O2. The van der Waals surface area contributed by atoms with Crippen molar-refractivity contribution in [3.8, 4) is 0 Å². The van der Waals surface area contributed by atoms with Gasteiger partial charge in [-0.15, -0.1) is 0 Å². The molecule has 1 aromatic heterocycles. The molecule has 1 aliphatic carbocycles. The summed E-state index contributed by atoms with van der Waals surface area (Å²) in [5.41, 5.74) is -0.524. The lowest BCUT2D eigenvalue weighted by atomic mass is 9.97. The summed E-state index contributed by atoms with van der Waals surface area (Å²) in [7, 11) is 1.46. The van der Waals surface area contributed by atoms with E-state index < -0.39 is 5.54 Å². The van der Waals surface area contributed by atoms with E-state index in [-0.39, 0.29) is 5.97 Å². The second-order valence-electron chi connectivity index (χ2n) is 5.10. The van der Waals surface area contributed by atoms with Crippen LogP contribution in [0.4, 0.5) is 0 Å². The Morgan fingerprint density at radius 1 is 1.63 bits per heavy atom. The molecule has 2 rings (SSSR count). The van der Waals surface area contributed by atoms with Crippen LogP contribution >= 0.6 is 0 Å². The molecule has 0 aliphatic heterocycles. The third-order valence-corrected chi connectivity index (χ3v) is 4.04. The first kappa shape index (κ1) is 14.1. The van der Waals surface area contributed by atoms with Crippen molar-refractivity contribution in [1.82, 2.24) is 14.9 Å². The number of nitrogens with zero attached hydrogens (tertiary/aromatic N) is 2. The fourth-order valence-electron chi connectivity index (χ4n) is 3.16. The van der Waals surface area contributed by atoms with Gasteiger partial charge < -0.3 is 14.6 Å². The van der Waals surface area contributed by atoms with Gasteiger partial charge in [-0.1, -0.05) is 13.8 Å². The lowest BCUT2D eigenvalue weighted by Gasteiger charge is -2.27. The smallest absolute Gasteiger partial charge is 0.326 e. The number of ether oxygens (including phenoxy) is 1. The predicted molar refractivity (Wildman–Crippen MR) is 72.9 cm³/mol. The number of rotatable bonds is 5. The Balaban J connectivity index is 2.19. The van der Waals surface area contributed by atoms with E-state index in [4.69, 9.17) is 4.74 Å². The Morgan fingerprint density at radius 3 is 3.05 bits per heavy atom. The molecule has 0 amide bonds. The van der Waals surface area contributed by atoms with Gasteiger partial charge in [0.15, 0.2) is 0 Å². The highest BCUT2D eigenvalue weighted by Gasteiger charge is 2.46. The second-order valence-corrected chi connectivity index (χ2v) is 5.10. The van der Waals surface area contributed by atoms with Gasteiger partial charge in [-0.2, -0.15) is 0 Å². The zero-order valence-corrected chi connectivity index (χ0v) is 12.0. The standard InChI is InChI=1S/C14H23N3O2/c1-4-12-15-8-9-17(12)11-6-7-14(10-11,16-5-2)13(18)19-3/h8-9,11,16H,4-7,10H2,1-3H3. The van der Waals surface area contributed by atoms with Gasteiger partial charge in [-0.3, -0.25) is 4.79 Å². The third-order valence-electron chi connectivity index (χ3n) is 4.04. The molecule has 0 aromatic carbocycles. The Labute approximate surface area is 114 Å². The molecule has 0 radical (unpaired) electrons. The van der Waals surface area contributed by atoms with Crippen molar-refractivity contribution >= 4 is 5.97 Å². The molecule has 1 aromatic rings. The van der Waals surface area contributed by atoms with Crippen LogP contribution in [0.5, 0.6) is 0 Å². The fourth-order valence-corrected chi connectivity index (χ4v) is 3.16. The van der Waals surface area contributed by atoms with Crippen LogP contribution in [0.3, 0.4) is 0 Å². The number of imidazole rings is 1. The van der Waals surface area contributed by atoms with Gasteiger partial charge in [0.25, 0.3) is 0 Å². The normalized spacial score (nSPS) is 26.6. The van der Waals surface area contributed by atoms with E-state index in [1.165, 1.54) is 7.11 Å². The van der Waals surface area contributed by atoms with Crippen LogP contribution in [-0.2, 0) is 16.0 Å². The Bertz CT molecular complexity index is 444. The van der Waals surface area contributed by atoms with Gasteiger partial charge in [-0.05, 0) is 25.8 Å². The van der Waals surface area contributed by atoms with Crippen LogP contribution in [0.1, 0.15) is 45.0 Å². The molecule has 0 spiro atoms. The van der Waals surface area contributed by atoms with E-state index in [0.717, 1.165) is 38.1 Å². The van der Waals surface area contributed by atoms with E-state index in [1.807, 2.05) is 19.3 Å². The number of carbonyl (C=O) groups excluding carboxylic acids is 1. The van der Waals surface area contributed by atoms with E-state index in [0.29, 0.717) is 6.04 Å². The predicted octanol–water partition coefficient (Wildman–Crippen LogP) is 1.69. The first-order chi connectivity index (χ1) is 9.16. The number of esters is 1. The van der Waals surface area contributed by atoms with Gasteiger partial charge in [-0.25, -0.2) is 4.98 Å². The minimum atomic E-state index is -0.524. The zero-order chi connectivity index (χ0) is 13.9. The molecule has 5 heteroatoms. The summed E-state index contributed by atoms with van der Waals surface area (Å²) in [6, 6.07) is 0.329. The van der Waals surface area contributed by atoms with Crippen molar-refractivity contribution in [3.05, 3.63) is 18.2 Å². The first-order valence-corrected chi connectivity index (χ1v) is 7.02. The van der Waals surface area contributed by atoms with Crippen LogP contribution in [0.25, 0.3) is 0 Å². The highest BCUT2D eigenvalue weighted by atomic mass is 16.5. The molecule has 1 aliphatic rings. The van der Waals surface area contributed by atoms with Gasteiger partial charge in [0, 0.05) is 24.9 Å². The Kier molecular flexibility index (Phi) is 4.24. The highest BCUT2D eigenvalue weighted by Crippen LogP contribution is 2.39. The number of methoxy groups -OCH3 is 1. The molecule has 1 heterocycles. The van der Waals surface area contributed by atoms with Gasteiger partial charge in [0.1, 0.15) is 11.4 Å². The molecule has 19 heavy (non-hydrogen) atoms. The molecular weight excluding hydrogens is 242 g/mol. The molecule has 1 N–H and O–H groups in total. The van der Waals surface area contributed by atoms with Crippen LogP contribution in [0, 0.1) is 0 Å². The fraction of sp³-hybridized carbons (Fsp3) is 0.714. The molecule has 5 nitrogen and oxygen atoms in total. The lowest BCUT2D eigenvalue weighted by Crippen LogP contribution is -2.50. The molecule has 1 saturated carbocycles. The Morgan fingerprint density at radius 2 is 2.42 bits per heavy atom. The van der Waals surface area contributed by atoms with Gasteiger partial charge >= 0.3 is 5.97 Å². The maximum absolute atomic E-state index is 12.1. The van der Waals surface area contributed by atoms with Crippen molar-refractivity contribution in [3.63, 3.8) is 0 Å². The number of hydrogen-bond donors (Lipinski definition) is 1. The van der Waals surface area contributed by atoms with Crippen molar-refractivity contribution in [2.75, 3.05) is 13.7 Å². The van der Waals surface area contributed by atoms with Gasteiger partial charge in [0.05, 0.1) is 7.11 Å². The lowest BCUT2D eigenvalue weighted by molar-refractivity contribution is -0.148. The second kappa shape index (κ2) is 5.74. The van der Waals surface area contributed by atoms with Crippen LogP contribution < -0.4 is 5.32 Å². The summed E-state index contributed by atoms with van der Waals surface area (Å²) in [5, 5.41) is 3.33. The van der Waals surface area contributed by atoms with Crippen molar-refractivity contribution in [1.29, 1.82) is 0 Å². The molecule has 0 bridgehead atoms. The summed E-state index contributed by atoms with van der Waals surface area (Å²) < 4.78 is 7.20. The summed E-state index contributed by atoms with van der Waals surface area (Å²) in [6.45, 7) is 4.89. The molecule has 2 unspecified atom stereocenters. The number of nitrogens with one attached hydrogen (secondary N) is 1. The topological polar surface area (TPSA) is 56.1 Å². The highest BCUT2D eigenvalue weighted by molar-refractivity contribution is 5.81. The molecule has 0 saturated heterocycles. The average molecular weight is 265 g/mol. The van der Waals surface area contributed by atoms with E-state index in [2.05, 4.69) is 21.8 Å². The van der Waals surface area contributed by atoms with Crippen molar-refractivity contribution in [2.45, 2.75) is 51.1 Å². The summed E-state index contributed by atoms with van der Waals surface area (Å²) in [6.07, 6.45) is 7.34. The number of aromatic nitrogens is 2. The summed E-state index contributed by atoms with van der Waals surface area (Å²) in [5.74, 6) is 0.942. The number of likely N-dealkylation sites (N-methyl/N-ethyl adjacent to an activating group) is 1. The van der Waals surface area contributed by atoms with Crippen molar-refractivity contribution < 1.29 is 9.53 Å². The third kappa shape index (κ3) is 2.52. The number of hydrogen-bond acceptors (Lipinski definition) is 4. The minimum absolute atomic E-state index is 0.144. The molecule has 1 fully saturated rings. The maximum Gasteiger partial charge on any atom is 0.326 e. The first-order valence-electron chi connectivity index (χ1n) is 7.02. The van der Waals surface area contributed by atoms with Gasteiger partial charge in [0.2, 0.25) is 0 Å². The summed E-state index contributed by atoms with van der Waals surface area (Å²) >= 11 is 0. The maximum atomic E-state index is 12.1. The van der Waals surface area contributed by atoms with Crippen LogP contribution in [0.2, 0.25) is 0 Å².